The number of benzene rings is 1. The smallest absolute Gasteiger partial charge is 0.169 e. The molecule has 0 aliphatic rings. The number of aryl methyl sites for hydroxylation is 1. The number of hydrogen-bond acceptors (Lipinski definition) is 0. The van der Waals surface area contributed by atoms with Crippen molar-refractivity contribution >= 4 is 23.8 Å². The second-order valence-electron chi connectivity index (χ2n) is 3.85. The van der Waals surface area contributed by atoms with E-state index in [4.69, 9.17) is 11.6 Å². The maximum Gasteiger partial charge on any atom is 0.169 e. The zero-order valence-electron chi connectivity index (χ0n) is 10.2. The van der Waals surface area contributed by atoms with Gasteiger partial charge in [-0.05, 0) is 30.2 Å². The van der Waals surface area contributed by atoms with E-state index >= 15 is 0 Å². The van der Waals surface area contributed by atoms with Crippen molar-refractivity contribution < 1.29 is 17.0 Å². The van der Waals surface area contributed by atoms with Gasteiger partial charge in [0.15, 0.2) is 12.4 Å². The quantitative estimate of drug-likeness (QED) is 0.733. The van der Waals surface area contributed by atoms with E-state index in [0.29, 0.717) is 0 Å². The van der Waals surface area contributed by atoms with Gasteiger partial charge < -0.3 is 12.4 Å². The third-order valence-electron chi connectivity index (χ3n) is 2.62. The van der Waals surface area contributed by atoms with E-state index < -0.39 is 0 Å². The fourth-order valence-corrected chi connectivity index (χ4v) is 1.68. The molecule has 1 aromatic heterocycles. The lowest BCUT2D eigenvalue weighted by Crippen LogP contribution is -3.00. The predicted molar refractivity (Wildman–Crippen MR) is 72.7 cm³/mol. The first kappa shape index (κ1) is 14.7. The molecule has 3 heteroatoms. The Morgan fingerprint density at radius 2 is 1.44 bits per heavy atom. The fraction of sp³-hybridized carbons (Fsp3) is 0.133. The van der Waals surface area contributed by atoms with E-state index in [0.717, 1.165) is 17.1 Å². The standard InChI is InChI=1S/C15H15ClN.ClH/c1-2-17-11-9-14(10-12-17)4-3-13-5-7-15(16)8-6-13;/h3-12H,2H2,1H3;1H/q+1;/p-1/b4-3+;. The Morgan fingerprint density at radius 1 is 0.944 bits per heavy atom. The van der Waals surface area contributed by atoms with Crippen LogP contribution in [-0.2, 0) is 6.54 Å². The molecule has 0 aliphatic heterocycles. The van der Waals surface area contributed by atoms with Gasteiger partial charge in [0.1, 0.15) is 6.54 Å². The second kappa shape index (κ2) is 7.20. The molecule has 0 amide bonds. The van der Waals surface area contributed by atoms with E-state index in [1.165, 1.54) is 5.56 Å². The summed E-state index contributed by atoms with van der Waals surface area (Å²) >= 11 is 5.84. The third kappa shape index (κ3) is 4.17. The number of nitrogens with zero attached hydrogens (tertiary/aromatic N) is 1. The van der Waals surface area contributed by atoms with Gasteiger partial charge in [0.2, 0.25) is 0 Å². The molecule has 0 N–H and O–H groups in total. The first-order chi connectivity index (χ1) is 8.28. The highest BCUT2D eigenvalue weighted by Crippen LogP contribution is 2.12. The predicted octanol–water partition coefficient (Wildman–Crippen LogP) is 0.822. The molecule has 2 rings (SSSR count). The molecule has 1 heterocycles. The Kier molecular flexibility index (Phi) is 5.90. The minimum atomic E-state index is 0. The van der Waals surface area contributed by atoms with Crippen LogP contribution in [0.2, 0.25) is 5.02 Å². The highest BCUT2D eigenvalue weighted by atomic mass is 35.5. The second-order valence-corrected chi connectivity index (χ2v) is 4.28. The molecule has 0 bridgehead atoms. The molecule has 18 heavy (non-hydrogen) atoms. The summed E-state index contributed by atoms with van der Waals surface area (Å²) in [4.78, 5) is 0. The van der Waals surface area contributed by atoms with Crippen LogP contribution >= 0.6 is 11.6 Å². The van der Waals surface area contributed by atoms with Crippen molar-refractivity contribution in [3.05, 3.63) is 64.9 Å². The Hall–Kier alpha value is -1.31. The lowest BCUT2D eigenvalue weighted by Gasteiger charge is -1.95. The molecule has 1 nitrogen and oxygen atoms in total. The number of halogens is 2. The summed E-state index contributed by atoms with van der Waals surface area (Å²) in [6.07, 6.45) is 8.36. The van der Waals surface area contributed by atoms with Crippen LogP contribution < -0.4 is 17.0 Å². The van der Waals surface area contributed by atoms with E-state index in [2.05, 4.69) is 48.2 Å². The van der Waals surface area contributed by atoms with Gasteiger partial charge in [-0.15, -0.1) is 0 Å². The van der Waals surface area contributed by atoms with E-state index in [1.807, 2.05) is 24.3 Å². The van der Waals surface area contributed by atoms with Crippen LogP contribution in [-0.4, -0.2) is 0 Å². The maximum atomic E-state index is 5.84. The average molecular weight is 280 g/mol. The molecule has 0 unspecified atom stereocenters. The molecule has 0 radical (unpaired) electrons. The zero-order valence-corrected chi connectivity index (χ0v) is 11.7. The molecular formula is C15H15Cl2N. The first-order valence-corrected chi connectivity index (χ1v) is 6.08. The minimum Gasteiger partial charge on any atom is -1.00 e. The summed E-state index contributed by atoms with van der Waals surface area (Å²) in [6.45, 7) is 3.13. The van der Waals surface area contributed by atoms with Gasteiger partial charge in [0, 0.05) is 17.2 Å². The first-order valence-electron chi connectivity index (χ1n) is 5.70. The summed E-state index contributed by atoms with van der Waals surface area (Å²) in [5.74, 6) is 0. The van der Waals surface area contributed by atoms with Gasteiger partial charge in [-0.25, -0.2) is 4.57 Å². The molecular weight excluding hydrogens is 265 g/mol. The lowest BCUT2D eigenvalue weighted by molar-refractivity contribution is -0.693. The van der Waals surface area contributed by atoms with Crippen molar-refractivity contribution in [2.24, 2.45) is 0 Å². The van der Waals surface area contributed by atoms with Gasteiger partial charge in [-0.3, -0.25) is 0 Å². The van der Waals surface area contributed by atoms with Crippen LogP contribution in [0.1, 0.15) is 18.1 Å². The Labute approximate surface area is 119 Å². The van der Waals surface area contributed by atoms with Crippen LogP contribution in [0.25, 0.3) is 12.2 Å². The van der Waals surface area contributed by atoms with E-state index in [9.17, 15) is 0 Å². The Bertz CT molecular complexity index is 501. The van der Waals surface area contributed by atoms with Crippen LogP contribution in [0.5, 0.6) is 0 Å². The van der Waals surface area contributed by atoms with Crippen molar-refractivity contribution in [3.63, 3.8) is 0 Å². The van der Waals surface area contributed by atoms with Crippen molar-refractivity contribution in [1.29, 1.82) is 0 Å². The topological polar surface area (TPSA) is 3.88 Å². The molecule has 0 spiro atoms. The highest BCUT2D eigenvalue weighted by molar-refractivity contribution is 6.30. The van der Waals surface area contributed by atoms with Crippen LogP contribution in [0.3, 0.4) is 0 Å². The summed E-state index contributed by atoms with van der Waals surface area (Å²) in [5, 5.41) is 0.769. The molecule has 2 aromatic rings. The van der Waals surface area contributed by atoms with Crippen LogP contribution in [0, 0.1) is 0 Å². The van der Waals surface area contributed by atoms with Crippen LogP contribution in [0.4, 0.5) is 0 Å². The highest BCUT2D eigenvalue weighted by Gasteiger charge is 1.94. The van der Waals surface area contributed by atoms with E-state index in [-0.39, 0.29) is 12.4 Å². The molecule has 0 saturated heterocycles. The monoisotopic (exact) mass is 279 g/mol. The Morgan fingerprint density at radius 3 is 1.94 bits per heavy atom. The summed E-state index contributed by atoms with van der Waals surface area (Å²) < 4.78 is 2.14. The molecule has 0 saturated carbocycles. The van der Waals surface area contributed by atoms with Crippen molar-refractivity contribution in [3.8, 4) is 0 Å². The zero-order chi connectivity index (χ0) is 12.1. The third-order valence-corrected chi connectivity index (χ3v) is 2.87. The largest absolute Gasteiger partial charge is 1.00 e. The number of hydrogen-bond donors (Lipinski definition) is 0. The van der Waals surface area contributed by atoms with E-state index in [1.54, 1.807) is 0 Å². The minimum absolute atomic E-state index is 0. The molecule has 0 atom stereocenters. The van der Waals surface area contributed by atoms with Gasteiger partial charge >= 0.3 is 0 Å². The molecule has 0 aliphatic carbocycles. The summed E-state index contributed by atoms with van der Waals surface area (Å²) in [6, 6.07) is 12.0. The number of pyridine rings is 1. The molecule has 1 aromatic carbocycles. The number of rotatable bonds is 3. The molecule has 94 valence electrons. The van der Waals surface area contributed by atoms with Crippen molar-refractivity contribution in [1.82, 2.24) is 0 Å². The number of aromatic nitrogens is 1. The van der Waals surface area contributed by atoms with Crippen molar-refractivity contribution in [2.45, 2.75) is 13.5 Å². The van der Waals surface area contributed by atoms with Gasteiger partial charge in [-0.2, -0.15) is 0 Å². The maximum absolute atomic E-state index is 5.84. The van der Waals surface area contributed by atoms with Crippen molar-refractivity contribution in [2.75, 3.05) is 0 Å². The normalized spacial score (nSPS) is 10.3. The lowest BCUT2D eigenvalue weighted by atomic mass is 10.1. The van der Waals surface area contributed by atoms with Crippen LogP contribution in [0.15, 0.2) is 48.8 Å². The average Bonchev–Trinajstić information content (AvgIpc) is 2.39. The summed E-state index contributed by atoms with van der Waals surface area (Å²) in [7, 11) is 0. The SMILES string of the molecule is CC[n+]1ccc(/C=C/c2ccc(Cl)cc2)cc1.[Cl-]. The molecule has 0 fully saturated rings. The van der Waals surface area contributed by atoms with Gasteiger partial charge in [0.05, 0.1) is 0 Å². The summed E-state index contributed by atoms with van der Waals surface area (Å²) in [5.41, 5.74) is 2.35. The van der Waals surface area contributed by atoms with Gasteiger partial charge in [0.25, 0.3) is 0 Å². The fourth-order valence-electron chi connectivity index (χ4n) is 1.56. The van der Waals surface area contributed by atoms with Gasteiger partial charge in [-0.1, -0.05) is 35.9 Å². The Balaban J connectivity index is 0.00000162.